The van der Waals surface area contributed by atoms with Gasteiger partial charge in [-0.2, -0.15) is 0 Å². The highest BCUT2D eigenvalue weighted by atomic mass is 16.5. The van der Waals surface area contributed by atoms with Crippen LogP contribution in [0.5, 0.6) is 17.2 Å². The standard InChI is InChI=1S/C16H23NO6/c1-5-7-17(8-6-14(18)19)16(20)11-9-12(21-2)15(23-4)13(10-11)22-3/h9-10H,5-8H2,1-4H3,(H,18,19). The number of benzene rings is 1. The SMILES string of the molecule is CCCN(CCC(=O)O)C(=O)c1cc(OC)c(OC)c(OC)c1. The minimum absolute atomic E-state index is 0.101. The highest BCUT2D eigenvalue weighted by Gasteiger charge is 2.21. The molecule has 7 nitrogen and oxygen atoms in total. The van der Waals surface area contributed by atoms with E-state index in [-0.39, 0.29) is 18.9 Å². The van der Waals surface area contributed by atoms with Gasteiger partial charge in [0.2, 0.25) is 5.75 Å². The van der Waals surface area contributed by atoms with Crippen LogP contribution in [-0.4, -0.2) is 56.3 Å². The second-order valence-electron chi connectivity index (χ2n) is 4.85. The van der Waals surface area contributed by atoms with Gasteiger partial charge in [0.25, 0.3) is 5.91 Å². The lowest BCUT2D eigenvalue weighted by molar-refractivity contribution is -0.137. The second kappa shape index (κ2) is 8.87. The van der Waals surface area contributed by atoms with Gasteiger partial charge in [-0.1, -0.05) is 6.92 Å². The predicted octanol–water partition coefficient (Wildman–Crippen LogP) is 2.04. The number of carboxylic acids is 1. The van der Waals surface area contributed by atoms with E-state index in [0.29, 0.717) is 29.4 Å². The number of carbonyl (C=O) groups excluding carboxylic acids is 1. The fourth-order valence-electron chi connectivity index (χ4n) is 2.20. The molecule has 1 aromatic carbocycles. The Morgan fingerprint density at radius 3 is 2.00 bits per heavy atom. The summed E-state index contributed by atoms with van der Waals surface area (Å²) in [5.41, 5.74) is 0.360. The van der Waals surface area contributed by atoms with Crippen molar-refractivity contribution in [3.05, 3.63) is 17.7 Å². The van der Waals surface area contributed by atoms with Crippen LogP contribution in [0, 0.1) is 0 Å². The molecule has 0 saturated heterocycles. The number of ether oxygens (including phenoxy) is 3. The molecule has 0 aliphatic rings. The number of carboxylic acid groups (broad SMARTS) is 1. The van der Waals surface area contributed by atoms with E-state index in [1.165, 1.54) is 26.2 Å². The molecule has 1 N–H and O–H groups in total. The Morgan fingerprint density at radius 2 is 1.61 bits per heavy atom. The van der Waals surface area contributed by atoms with Crippen molar-refractivity contribution >= 4 is 11.9 Å². The van der Waals surface area contributed by atoms with Crippen LogP contribution >= 0.6 is 0 Å². The number of nitrogens with zero attached hydrogens (tertiary/aromatic N) is 1. The maximum Gasteiger partial charge on any atom is 0.305 e. The van der Waals surface area contributed by atoms with Crippen LogP contribution in [0.1, 0.15) is 30.1 Å². The topological polar surface area (TPSA) is 85.3 Å². The van der Waals surface area contributed by atoms with Crippen molar-refractivity contribution in [2.75, 3.05) is 34.4 Å². The van der Waals surface area contributed by atoms with Gasteiger partial charge in [-0.05, 0) is 18.6 Å². The van der Waals surface area contributed by atoms with Gasteiger partial charge >= 0.3 is 5.97 Å². The van der Waals surface area contributed by atoms with Gasteiger partial charge in [0.1, 0.15) is 0 Å². The van der Waals surface area contributed by atoms with Crippen molar-refractivity contribution in [2.45, 2.75) is 19.8 Å². The molecule has 0 aromatic heterocycles. The minimum Gasteiger partial charge on any atom is -0.493 e. The average Bonchev–Trinajstić information content (AvgIpc) is 2.56. The van der Waals surface area contributed by atoms with E-state index in [0.717, 1.165) is 6.42 Å². The van der Waals surface area contributed by atoms with E-state index in [9.17, 15) is 9.59 Å². The van der Waals surface area contributed by atoms with Crippen molar-refractivity contribution in [3.63, 3.8) is 0 Å². The zero-order valence-electron chi connectivity index (χ0n) is 13.9. The van der Waals surface area contributed by atoms with Gasteiger partial charge in [0.05, 0.1) is 27.8 Å². The molecule has 0 atom stereocenters. The Morgan fingerprint density at radius 1 is 1.04 bits per heavy atom. The Labute approximate surface area is 135 Å². The summed E-state index contributed by atoms with van der Waals surface area (Å²) >= 11 is 0. The van der Waals surface area contributed by atoms with E-state index in [1.807, 2.05) is 6.92 Å². The van der Waals surface area contributed by atoms with E-state index in [1.54, 1.807) is 12.1 Å². The van der Waals surface area contributed by atoms with Crippen LogP contribution in [0.4, 0.5) is 0 Å². The molecule has 0 saturated carbocycles. The molecular weight excluding hydrogens is 302 g/mol. The Bertz CT molecular complexity index is 532. The molecule has 0 heterocycles. The average molecular weight is 325 g/mol. The molecule has 0 bridgehead atoms. The van der Waals surface area contributed by atoms with Crippen molar-refractivity contribution in [1.82, 2.24) is 4.90 Å². The first kappa shape index (κ1) is 18.6. The molecule has 0 radical (unpaired) electrons. The molecule has 128 valence electrons. The number of rotatable bonds is 9. The summed E-state index contributed by atoms with van der Waals surface area (Å²) in [5.74, 6) is -0.0509. The van der Waals surface area contributed by atoms with Gasteiger partial charge in [-0.25, -0.2) is 0 Å². The molecule has 7 heteroatoms. The zero-order valence-corrected chi connectivity index (χ0v) is 13.9. The normalized spacial score (nSPS) is 10.1. The van der Waals surface area contributed by atoms with Crippen LogP contribution in [-0.2, 0) is 4.79 Å². The third kappa shape index (κ3) is 4.77. The van der Waals surface area contributed by atoms with Crippen molar-refractivity contribution in [2.24, 2.45) is 0 Å². The molecule has 1 amide bonds. The van der Waals surface area contributed by atoms with Gasteiger partial charge < -0.3 is 24.2 Å². The highest BCUT2D eigenvalue weighted by molar-refractivity contribution is 5.95. The quantitative estimate of drug-likeness (QED) is 0.748. The first-order valence-corrected chi connectivity index (χ1v) is 7.29. The summed E-state index contributed by atoms with van der Waals surface area (Å²) in [7, 11) is 4.43. The zero-order chi connectivity index (χ0) is 17.4. The highest BCUT2D eigenvalue weighted by Crippen LogP contribution is 2.38. The number of hydrogen-bond acceptors (Lipinski definition) is 5. The maximum absolute atomic E-state index is 12.7. The lowest BCUT2D eigenvalue weighted by atomic mass is 10.1. The molecule has 23 heavy (non-hydrogen) atoms. The lowest BCUT2D eigenvalue weighted by Crippen LogP contribution is -2.33. The number of amides is 1. The molecular formula is C16H23NO6. The molecule has 1 aromatic rings. The summed E-state index contributed by atoms with van der Waals surface area (Å²) in [6.45, 7) is 2.55. The Kier molecular flexibility index (Phi) is 7.18. The summed E-state index contributed by atoms with van der Waals surface area (Å²) in [6, 6.07) is 3.13. The number of carbonyl (C=O) groups is 2. The van der Waals surface area contributed by atoms with Gasteiger partial charge in [0, 0.05) is 18.7 Å². The first-order valence-electron chi connectivity index (χ1n) is 7.29. The van der Waals surface area contributed by atoms with Gasteiger partial charge in [-0.15, -0.1) is 0 Å². The fraction of sp³-hybridized carbons (Fsp3) is 0.500. The third-order valence-electron chi connectivity index (χ3n) is 3.29. The van der Waals surface area contributed by atoms with Gasteiger partial charge in [-0.3, -0.25) is 9.59 Å². The summed E-state index contributed by atoms with van der Waals surface area (Å²) in [5, 5.41) is 8.82. The summed E-state index contributed by atoms with van der Waals surface area (Å²) < 4.78 is 15.7. The van der Waals surface area contributed by atoms with Crippen LogP contribution in [0.3, 0.4) is 0 Å². The molecule has 0 spiro atoms. The number of methoxy groups -OCH3 is 3. The van der Waals surface area contributed by atoms with Crippen LogP contribution in [0.2, 0.25) is 0 Å². The smallest absolute Gasteiger partial charge is 0.305 e. The monoisotopic (exact) mass is 325 g/mol. The molecule has 1 rings (SSSR count). The first-order chi connectivity index (χ1) is 11.0. The van der Waals surface area contributed by atoms with Crippen molar-refractivity contribution < 1.29 is 28.9 Å². The molecule has 0 fully saturated rings. The van der Waals surface area contributed by atoms with Crippen molar-refractivity contribution in [3.8, 4) is 17.2 Å². The van der Waals surface area contributed by atoms with Crippen LogP contribution in [0.25, 0.3) is 0 Å². The molecule has 0 aliphatic heterocycles. The van der Waals surface area contributed by atoms with Gasteiger partial charge in [0.15, 0.2) is 11.5 Å². The summed E-state index contributed by atoms with van der Waals surface area (Å²) in [4.78, 5) is 24.9. The largest absolute Gasteiger partial charge is 0.493 e. The lowest BCUT2D eigenvalue weighted by Gasteiger charge is -2.22. The number of hydrogen-bond donors (Lipinski definition) is 1. The van der Waals surface area contributed by atoms with Crippen LogP contribution in [0.15, 0.2) is 12.1 Å². The van der Waals surface area contributed by atoms with E-state index in [4.69, 9.17) is 19.3 Å². The van der Waals surface area contributed by atoms with Crippen LogP contribution < -0.4 is 14.2 Å². The summed E-state index contributed by atoms with van der Waals surface area (Å²) in [6.07, 6.45) is 0.631. The number of aliphatic carboxylic acids is 1. The Hall–Kier alpha value is -2.44. The van der Waals surface area contributed by atoms with E-state index in [2.05, 4.69) is 0 Å². The minimum atomic E-state index is -0.941. The molecule has 0 unspecified atom stereocenters. The Balaban J connectivity index is 3.15. The fourth-order valence-corrected chi connectivity index (χ4v) is 2.20. The van der Waals surface area contributed by atoms with Crippen molar-refractivity contribution in [1.29, 1.82) is 0 Å². The molecule has 0 aliphatic carbocycles. The van der Waals surface area contributed by atoms with E-state index >= 15 is 0 Å². The second-order valence-corrected chi connectivity index (χ2v) is 4.85. The third-order valence-corrected chi connectivity index (χ3v) is 3.29. The maximum atomic E-state index is 12.7. The van der Waals surface area contributed by atoms with E-state index < -0.39 is 5.97 Å². The predicted molar refractivity (Wildman–Crippen MR) is 84.5 cm³/mol.